The van der Waals surface area contributed by atoms with Crippen molar-refractivity contribution in [3.05, 3.63) is 65.0 Å². The molecule has 31 heavy (non-hydrogen) atoms. The molecule has 2 aromatic carbocycles. The lowest BCUT2D eigenvalue weighted by Gasteiger charge is -2.25. The van der Waals surface area contributed by atoms with Gasteiger partial charge in [-0.2, -0.15) is 0 Å². The second-order valence-electron chi connectivity index (χ2n) is 7.48. The first kappa shape index (κ1) is 23.0. The van der Waals surface area contributed by atoms with Crippen LogP contribution in [0.5, 0.6) is 0 Å². The zero-order valence-corrected chi connectivity index (χ0v) is 19.2. The molecule has 9 heteroatoms. The van der Waals surface area contributed by atoms with E-state index in [1.807, 2.05) is 26.8 Å². The van der Waals surface area contributed by atoms with Crippen molar-refractivity contribution in [2.75, 3.05) is 5.75 Å². The lowest BCUT2D eigenvalue weighted by Crippen LogP contribution is -2.37. The maximum Gasteiger partial charge on any atom is 0.249 e. The van der Waals surface area contributed by atoms with E-state index in [1.165, 1.54) is 4.90 Å². The third kappa shape index (κ3) is 5.71. The van der Waals surface area contributed by atoms with Crippen molar-refractivity contribution in [3.63, 3.8) is 0 Å². The Hall–Kier alpha value is -2.71. The molecule has 1 heterocycles. The third-order valence-electron chi connectivity index (χ3n) is 4.79. The van der Waals surface area contributed by atoms with Crippen LogP contribution in [0.1, 0.15) is 31.7 Å². The number of halogens is 1. The van der Waals surface area contributed by atoms with Gasteiger partial charge in [-0.25, -0.2) is 8.42 Å². The summed E-state index contributed by atoms with van der Waals surface area (Å²) in [5.74, 6) is -0.0625. The Kier molecular flexibility index (Phi) is 7.12. The van der Waals surface area contributed by atoms with E-state index in [0.29, 0.717) is 10.6 Å². The van der Waals surface area contributed by atoms with Crippen LogP contribution in [0.3, 0.4) is 0 Å². The van der Waals surface area contributed by atoms with Gasteiger partial charge in [-0.05, 0) is 45.0 Å². The average molecular weight is 462 g/mol. The summed E-state index contributed by atoms with van der Waals surface area (Å²) in [6.45, 7) is 5.66. The van der Waals surface area contributed by atoms with E-state index >= 15 is 0 Å². The number of benzene rings is 2. The second-order valence-corrected chi connectivity index (χ2v) is 9.99. The van der Waals surface area contributed by atoms with Crippen LogP contribution >= 0.6 is 11.6 Å². The fourth-order valence-electron chi connectivity index (χ4n) is 2.99. The number of aryl methyl sites for hydroxylation is 1. The van der Waals surface area contributed by atoms with E-state index in [9.17, 15) is 13.2 Å². The Bertz CT molecular complexity index is 1160. The Morgan fingerprint density at radius 2 is 1.77 bits per heavy atom. The molecule has 0 bridgehead atoms. The smallest absolute Gasteiger partial charge is 0.249 e. The fourth-order valence-corrected chi connectivity index (χ4v) is 4.44. The van der Waals surface area contributed by atoms with Gasteiger partial charge in [0.25, 0.3) is 0 Å². The molecule has 1 amide bonds. The van der Waals surface area contributed by atoms with Crippen LogP contribution in [0.4, 0.5) is 0 Å². The molecule has 0 saturated carbocycles. The van der Waals surface area contributed by atoms with Crippen molar-refractivity contribution in [3.8, 4) is 11.5 Å². The number of hydrogen-bond acceptors (Lipinski definition) is 6. The summed E-state index contributed by atoms with van der Waals surface area (Å²) in [4.78, 5) is 14.5. The number of sulfone groups is 1. The normalized spacial score (nSPS) is 11.6. The highest BCUT2D eigenvalue weighted by Crippen LogP contribution is 2.26. The lowest BCUT2D eigenvalue weighted by molar-refractivity contribution is -0.133. The predicted octanol–water partition coefficient (Wildman–Crippen LogP) is 4.30. The Morgan fingerprint density at radius 3 is 2.42 bits per heavy atom. The molecule has 0 aliphatic heterocycles. The molecule has 0 aliphatic rings. The predicted molar refractivity (Wildman–Crippen MR) is 118 cm³/mol. The van der Waals surface area contributed by atoms with Gasteiger partial charge in [0.1, 0.15) is 0 Å². The molecule has 0 saturated heterocycles. The number of carbonyl (C=O) groups is 1. The molecule has 1 aromatic heterocycles. The van der Waals surface area contributed by atoms with Crippen LogP contribution in [-0.2, 0) is 21.2 Å². The molecule has 0 radical (unpaired) electrons. The molecular weight excluding hydrogens is 438 g/mol. The van der Waals surface area contributed by atoms with Gasteiger partial charge < -0.3 is 9.32 Å². The number of carbonyl (C=O) groups excluding carboxylic acids is 1. The zero-order chi connectivity index (χ0) is 22.6. The van der Waals surface area contributed by atoms with Gasteiger partial charge in [-0.3, -0.25) is 4.79 Å². The third-order valence-corrected chi connectivity index (χ3v) is 6.85. The fraction of sp³-hybridized carbons (Fsp3) is 0.318. The minimum Gasteiger partial charge on any atom is -0.419 e. The first-order chi connectivity index (χ1) is 14.7. The van der Waals surface area contributed by atoms with Crippen LogP contribution in [0.25, 0.3) is 11.5 Å². The van der Waals surface area contributed by atoms with Crippen LogP contribution in [0.15, 0.2) is 57.8 Å². The maximum atomic E-state index is 12.8. The molecular formula is C22H24ClN3O4S. The summed E-state index contributed by atoms with van der Waals surface area (Å²) in [5, 5.41) is 8.51. The Morgan fingerprint density at radius 1 is 1.10 bits per heavy atom. The Labute approximate surface area is 187 Å². The van der Waals surface area contributed by atoms with E-state index < -0.39 is 9.84 Å². The number of rotatable bonds is 8. The first-order valence-corrected chi connectivity index (χ1v) is 11.9. The maximum absolute atomic E-state index is 12.8. The van der Waals surface area contributed by atoms with Crippen LogP contribution in [0.2, 0.25) is 5.02 Å². The molecule has 7 nitrogen and oxygen atoms in total. The molecule has 0 aliphatic carbocycles. The van der Waals surface area contributed by atoms with E-state index in [4.69, 9.17) is 16.0 Å². The van der Waals surface area contributed by atoms with Crippen LogP contribution < -0.4 is 0 Å². The average Bonchev–Trinajstić information content (AvgIpc) is 3.19. The SMILES string of the molecule is Cc1ccc(S(=O)(=O)CCC(=O)N(Cc2nnc(-c3ccccc3Cl)o2)C(C)C)cc1. The van der Waals surface area contributed by atoms with Gasteiger partial charge in [-0.1, -0.05) is 41.4 Å². The highest BCUT2D eigenvalue weighted by atomic mass is 35.5. The van der Waals surface area contributed by atoms with Gasteiger partial charge >= 0.3 is 0 Å². The highest BCUT2D eigenvalue weighted by molar-refractivity contribution is 7.91. The van der Waals surface area contributed by atoms with E-state index in [-0.39, 0.29) is 47.3 Å². The molecule has 3 aromatic rings. The molecule has 0 fully saturated rings. The van der Waals surface area contributed by atoms with E-state index in [2.05, 4.69) is 10.2 Å². The minimum absolute atomic E-state index is 0.0819. The van der Waals surface area contributed by atoms with Crippen molar-refractivity contribution in [2.24, 2.45) is 0 Å². The second kappa shape index (κ2) is 9.62. The largest absolute Gasteiger partial charge is 0.419 e. The summed E-state index contributed by atoms with van der Waals surface area (Å²) >= 11 is 6.17. The molecule has 0 unspecified atom stereocenters. The molecule has 0 atom stereocenters. The van der Waals surface area contributed by atoms with Crippen LogP contribution in [-0.4, -0.2) is 41.2 Å². The van der Waals surface area contributed by atoms with Crippen LogP contribution in [0, 0.1) is 6.92 Å². The molecule has 164 valence electrons. The monoisotopic (exact) mass is 461 g/mol. The number of aromatic nitrogens is 2. The Balaban J connectivity index is 1.69. The summed E-state index contributed by atoms with van der Waals surface area (Å²) in [5.41, 5.74) is 1.58. The lowest BCUT2D eigenvalue weighted by atomic mass is 10.2. The summed E-state index contributed by atoms with van der Waals surface area (Å²) in [6, 6.07) is 13.5. The minimum atomic E-state index is -3.55. The first-order valence-electron chi connectivity index (χ1n) is 9.83. The standard InChI is InChI=1S/C22H24ClN3O4S/c1-15(2)26(14-20-24-25-22(30-20)18-6-4-5-7-19(18)23)21(27)12-13-31(28,29)17-10-8-16(3)9-11-17/h4-11,15H,12-14H2,1-3H3. The van der Waals surface area contributed by atoms with Gasteiger partial charge in [0, 0.05) is 12.5 Å². The molecule has 3 rings (SSSR count). The van der Waals surface area contributed by atoms with Gasteiger partial charge in [-0.15, -0.1) is 10.2 Å². The van der Waals surface area contributed by atoms with Gasteiger partial charge in [0.2, 0.25) is 17.7 Å². The van der Waals surface area contributed by atoms with Crippen molar-refractivity contribution < 1.29 is 17.6 Å². The highest BCUT2D eigenvalue weighted by Gasteiger charge is 2.24. The molecule has 0 N–H and O–H groups in total. The summed E-state index contributed by atoms with van der Waals surface area (Å²) in [7, 11) is -3.55. The van der Waals surface area contributed by atoms with Crippen molar-refractivity contribution in [1.29, 1.82) is 0 Å². The van der Waals surface area contributed by atoms with Crippen molar-refractivity contribution in [2.45, 2.75) is 44.7 Å². The topological polar surface area (TPSA) is 93.4 Å². The number of amides is 1. The number of hydrogen-bond donors (Lipinski definition) is 0. The zero-order valence-electron chi connectivity index (χ0n) is 17.6. The summed E-state index contributed by atoms with van der Waals surface area (Å²) < 4.78 is 30.8. The van der Waals surface area contributed by atoms with E-state index in [1.54, 1.807) is 42.5 Å². The summed E-state index contributed by atoms with van der Waals surface area (Å²) in [6.07, 6.45) is -0.139. The van der Waals surface area contributed by atoms with Crippen molar-refractivity contribution in [1.82, 2.24) is 15.1 Å². The number of nitrogens with zero attached hydrogens (tertiary/aromatic N) is 3. The molecule has 0 spiro atoms. The van der Waals surface area contributed by atoms with Crippen molar-refractivity contribution >= 4 is 27.3 Å². The van der Waals surface area contributed by atoms with Gasteiger partial charge in [0.05, 0.1) is 27.8 Å². The van der Waals surface area contributed by atoms with Gasteiger partial charge in [0.15, 0.2) is 9.84 Å². The quantitative estimate of drug-likeness (QED) is 0.496. The van der Waals surface area contributed by atoms with E-state index in [0.717, 1.165) is 5.56 Å².